The van der Waals surface area contributed by atoms with Gasteiger partial charge in [-0.25, -0.2) is 4.98 Å². The third-order valence-corrected chi connectivity index (χ3v) is 4.66. The van der Waals surface area contributed by atoms with E-state index in [-0.39, 0.29) is 17.6 Å². The first-order valence-corrected chi connectivity index (χ1v) is 8.21. The van der Waals surface area contributed by atoms with E-state index in [9.17, 15) is 5.11 Å². The van der Waals surface area contributed by atoms with Crippen molar-refractivity contribution >= 4 is 11.3 Å². The minimum atomic E-state index is -0.190. The van der Waals surface area contributed by atoms with E-state index in [0.717, 1.165) is 36.5 Å². The molecule has 108 valence electrons. The molecule has 4 heteroatoms. The molecule has 1 aliphatic carbocycles. The van der Waals surface area contributed by atoms with E-state index in [1.807, 2.05) is 0 Å². The number of aromatic nitrogens is 1. The molecule has 0 aliphatic heterocycles. The van der Waals surface area contributed by atoms with Crippen LogP contribution in [0.3, 0.4) is 0 Å². The zero-order valence-electron chi connectivity index (χ0n) is 12.3. The fourth-order valence-corrected chi connectivity index (χ4v) is 3.45. The highest BCUT2D eigenvalue weighted by molar-refractivity contribution is 7.09. The first kappa shape index (κ1) is 14.9. The monoisotopic (exact) mass is 282 g/mol. The van der Waals surface area contributed by atoms with Crippen molar-refractivity contribution in [3.8, 4) is 0 Å². The number of aliphatic hydroxyl groups is 1. The molecule has 0 bridgehead atoms. The Morgan fingerprint density at radius 3 is 2.74 bits per heavy atom. The summed E-state index contributed by atoms with van der Waals surface area (Å²) in [5.74, 6) is 0. The van der Waals surface area contributed by atoms with Gasteiger partial charge in [-0.3, -0.25) is 0 Å². The summed E-state index contributed by atoms with van der Waals surface area (Å²) >= 11 is 1.72. The van der Waals surface area contributed by atoms with E-state index in [4.69, 9.17) is 0 Å². The van der Waals surface area contributed by atoms with Crippen molar-refractivity contribution in [1.82, 2.24) is 10.3 Å². The molecule has 2 atom stereocenters. The molecule has 3 nitrogen and oxygen atoms in total. The fourth-order valence-electron chi connectivity index (χ4n) is 2.48. The second-order valence-electron chi connectivity index (χ2n) is 6.57. The summed E-state index contributed by atoms with van der Waals surface area (Å²) < 4.78 is 0. The Labute approximate surface area is 120 Å². The number of rotatable bonds is 3. The quantitative estimate of drug-likeness (QED) is 0.837. The van der Waals surface area contributed by atoms with Gasteiger partial charge in [0.2, 0.25) is 0 Å². The van der Waals surface area contributed by atoms with Crippen LogP contribution in [0.5, 0.6) is 0 Å². The number of hydrogen-bond donors (Lipinski definition) is 2. The summed E-state index contributed by atoms with van der Waals surface area (Å²) in [6.07, 6.45) is 5.46. The lowest BCUT2D eigenvalue weighted by atomic mass is 9.93. The van der Waals surface area contributed by atoms with Crippen LogP contribution in [0.1, 0.15) is 63.6 Å². The van der Waals surface area contributed by atoms with Crippen molar-refractivity contribution in [1.29, 1.82) is 0 Å². The van der Waals surface area contributed by atoms with E-state index in [1.165, 1.54) is 12.8 Å². The van der Waals surface area contributed by atoms with Gasteiger partial charge in [0, 0.05) is 23.4 Å². The van der Waals surface area contributed by atoms with Crippen molar-refractivity contribution < 1.29 is 5.11 Å². The Balaban J connectivity index is 1.89. The Bertz CT molecular complexity index is 397. The highest BCUT2D eigenvalue weighted by atomic mass is 32.1. The van der Waals surface area contributed by atoms with E-state index in [1.54, 1.807) is 11.3 Å². The van der Waals surface area contributed by atoms with Gasteiger partial charge in [0.15, 0.2) is 0 Å². The van der Waals surface area contributed by atoms with Gasteiger partial charge in [-0.1, -0.05) is 40.0 Å². The molecule has 0 spiro atoms. The average Bonchev–Trinajstić information content (AvgIpc) is 2.72. The number of aliphatic hydroxyl groups excluding tert-OH is 1. The van der Waals surface area contributed by atoms with Crippen molar-refractivity contribution in [2.75, 3.05) is 0 Å². The van der Waals surface area contributed by atoms with Crippen LogP contribution in [0.15, 0.2) is 5.38 Å². The van der Waals surface area contributed by atoms with Gasteiger partial charge in [0.1, 0.15) is 5.01 Å². The lowest BCUT2D eigenvalue weighted by molar-refractivity contribution is 0.119. The van der Waals surface area contributed by atoms with Gasteiger partial charge in [-0.15, -0.1) is 11.3 Å². The molecule has 1 heterocycles. The van der Waals surface area contributed by atoms with Crippen LogP contribution in [0.25, 0.3) is 0 Å². The van der Waals surface area contributed by atoms with Crippen molar-refractivity contribution in [3.63, 3.8) is 0 Å². The van der Waals surface area contributed by atoms with E-state index < -0.39 is 0 Å². The third-order valence-electron chi connectivity index (χ3n) is 3.82. The minimum Gasteiger partial charge on any atom is -0.392 e. The maximum Gasteiger partial charge on any atom is 0.107 e. The first-order valence-electron chi connectivity index (χ1n) is 7.33. The van der Waals surface area contributed by atoms with E-state index in [2.05, 4.69) is 36.5 Å². The van der Waals surface area contributed by atoms with Crippen molar-refractivity contribution in [2.24, 2.45) is 0 Å². The molecule has 1 fully saturated rings. The molecule has 2 unspecified atom stereocenters. The normalized spacial score (nSPS) is 25.3. The van der Waals surface area contributed by atoms with Crippen LogP contribution in [-0.2, 0) is 12.0 Å². The maximum absolute atomic E-state index is 10.1. The molecule has 0 radical (unpaired) electrons. The van der Waals surface area contributed by atoms with Crippen LogP contribution in [0.4, 0.5) is 0 Å². The third kappa shape index (κ3) is 4.26. The summed E-state index contributed by atoms with van der Waals surface area (Å²) in [7, 11) is 0. The molecule has 19 heavy (non-hydrogen) atoms. The molecule has 0 saturated heterocycles. The maximum atomic E-state index is 10.1. The van der Waals surface area contributed by atoms with Gasteiger partial charge in [0.05, 0.1) is 11.8 Å². The molecular weight excluding hydrogens is 256 g/mol. The van der Waals surface area contributed by atoms with Gasteiger partial charge in [-0.05, 0) is 12.8 Å². The van der Waals surface area contributed by atoms with E-state index in [0.29, 0.717) is 0 Å². The molecule has 0 amide bonds. The van der Waals surface area contributed by atoms with Gasteiger partial charge in [0.25, 0.3) is 0 Å². The predicted molar refractivity (Wildman–Crippen MR) is 80.5 cm³/mol. The lowest BCUT2D eigenvalue weighted by Gasteiger charge is -2.21. The molecule has 1 saturated carbocycles. The molecular formula is C15H26N2OS. The Morgan fingerprint density at radius 1 is 1.32 bits per heavy atom. The molecule has 1 aromatic rings. The number of hydrogen-bond acceptors (Lipinski definition) is 4. The molecule has 2 rings (SSSR count). The highest BCUT2D eigenvalue weighted by Crippen LogP contribution is 2.24. The number of nitrogens with zero attached hydrogens (tertiary/aromatic N) is 1. The predicted octanol–water partition coefficient (Wildman–Crippen LogP) is 3.22. The second-order valence-corrected chi connectivity index (χ2v) is 7.51. The zero-order chi connectivity index (χ0) is 13.9. The Hall–Kier alpha value is -0.450. The molecule has 1 aromatic heterocycles. The van der Waals surface area contributed by atoms with Crippen LogP contribution in [-0.4, -0.2) is 22.2 Å². The zero-order valence-corrected chi connectivity index (χ0v) is 13.1. The molecule has 2 N–H and O–H groups in total. The fraction of sp³-hybridized carbons (Fsp3) is 0.800. The Morgan fingerprint density at radius 2 is 2.05 bits per heavy atom. The van der Waals surface area contributed by atoms with E-state index >= 15 is 0 Å². The second kappa shape index (κ2) is 6.33. The summed E-state index contributed by atoms with van der Waals surface area (Å²) in [5.41, 5.74) is 1.28. The SMILES string of the molecule is CC(C)(C)c1csc(CNC2CCCCCC2O)n1. The first-order chi connectivity index (χ1) is 8.97. The van der Waals surface area contributed by atoms with Crippen LogP contribution >= 0.6 is 11.3 Å². The van der Waals surface area contributed by atoms with Crippen molar-refractivity contribution in [2.45, 2.75) is 77.0 Å². The van der Waals surface area contributed by atoms with Crippen LogP contribution in [0, 0.1) is 0 Å². The summed E-state index contributed by atoms with van der Waals surface area (Å²) in [5, 5.41) is 16.9. The summed E-state index contributed by atoms with van der Waals surface area (Å²) in [4.78, 5) is 4.69. The smallest absolute Gasteiger partial charge is 0.107 e. The van der Waals surface area contributed by atoms with Gasteiger partial charge >= 0.3 is 0 Å². The van der Waals surface area contributed by atoms with Crippen molar-refractivity contribution in [3.05, 3.63) is 16.1 Å². The summed E-state index contributed by atoms with van der Waals surface area (Å²) in [6.45, 7) is 7.35. The molecule has 0 aromatic carbocycles. The highest BCUT2D eigenvalue weighted by Gasteiger charge is 2.22. The molecule has 1 aliphatic rings. The van der Waals surface area contributed by atoms with Crippen LogP contribution < -0.4 is 5.32 Å². The van der Waals surface area contributed by atoms with Gasteiger partial charge < -0.3 is 10.4 Å². The number of thiazole rings is 1. The Kier molecular flexibility index (Phi) is 4.98. The number of nitrogens with one attached hydrogen (secondary N) is 1. The standard InChI is InChI=1S/C15H26N2OS/c1-15(2,3)13-10-19-14(17-13)9-16-11-7-5-4-6-8-12(11)18/h10-12,16,18H,4-9H2,1-3H3. The average molecular weight is 282 g/mol. The topological polar surface area (TPSA) is 45.1 Å². The summed E-state index contributed by atoms with van der Waals surface area (Å²) in [6, 6.07) is 0.240. The van der Waals surface area contributed by atoms with Gasteiger partial charge in [-0.2, -0.15) is 0 Å². The lowest BCUT2D eigenvalue weighted by Crippen LogP contribution is -2.38. The van der Waals surface area contributed by atoms with Crippen LogP contribution in [0.2, 0.25) is 0 Å². The minimum absolute atomic E-state index is 0.122. The largest absolute Gasteiger partial charge is 0.392 e.